The molecular formula is C13H8Br2FN3. The first-order chi connectivity index (χ1) is 9.10. The Hall–Kier alpha value is -1.45. The summed E-state index contributed by atoms with van der Waals surface area (Å²) in [5, 5.41) is 11.9. The van der Waals surface area contributed by atoms with Gasteiger partial charge in [-0.05, 0) is 56.1 Å². The van der Waals surface area contributed by atoms with Crippen LogP contribution < -0.4 is 5.32 Å². The highest BCUT2D eigenvalue weighted by molar-refractivity contribution is 9.11. The number of benzene rings is 1. The molecule has 0 saturated heterocycles. The van der Waals surface area contributed by atoms with Gasteiger partial charge >= 0.3 is 0 Å². The first-order valence-electron chi connectivity index (χ1n) is 5.33. The molecule has 19 heavy (non-hydrogen) atoms. The molecule has 2 aromatic rings. The molecule has 0 amide bonds. The Balaban J connectivity index is 2.13. The van der Waals surface area contributed by atoms with Crippen LogP contribution in [0.3, 0.4) is 0 Å². The summed E-state index contributed by atoms with van der Waals surface area (Å²) in [6, 6.07) is 8.03. The molecule has 1 aromatic heterocycles. The maximum absolute atomic E-state index is 13.2. The number of halogens is 3. The third kappa shape index (κ3) is 3.52. The number of anilines is 1. The second-order valence-electron chi connectivity index (χ2n) is 3.74. The Labute approximate surface area is 126 Å². The zero-order chi connectivity index (χ0) is 13.8. The molecule has 1 heterocycles. The van der Waals surface area contributed by atoms with E-state index in [9.17, 15) is 4.39 Å². The van der Waals surface area contributed by atoms with E-state index >= 15 is 0 Å². The predicted molar refractivity (Wildman–Crippen MR) is 78.1 cm³/mol. The van der Waals surface area contributed by atoms with Gasteiger partial charge in [-0.3, -0.25) is 4.98 Å². The van der Waals surface area contributed by atoms with Crippen molar-refractivity contribution in [3.8, 4) is 6.07 Å². The van der Waals surface area contributed by atoms with E-state index in [1.807, 2.05) is 6.07 Å². The van der Waals surface area contributed by atoms with Crippen molar-refractivity contribution < 1.29 is 4.39 Å². The SMILES string of the molecule is N#Cc1cc(NCc2ncc(Br)cc2Br)ccc1F. The summed E-state index contributed by atoms with van der Waals surface area (Å²) in [5.41, 5.74) is 1.52. The molecule has 0 radical (unpaired) electrons. The molecule has 0 spiro atoms. The van der Waals surface area contributed by atoms with Gasteiger partial charge in [-0.25, -0.2) is 4.39 Å². The zero-order valence-electron chi connectivity index (χ0n) is 9.62. The largest absolute Gasteiger partial charge is 0.379 e. The number of nitrogens with one attached hydrogen (secondary N) is 1. The van der Waals surface area contributed by atoms with Gasteiger partial charge in [-0.1, -0.05) is 0 Å². The molecule has 3 nitrogen and oxygen atoms in total. The summed E-state index contributed by atoms with van der Waals surface area (Å²) in [7, 11) is 0. The molecule has 0 bridgehead atoms. The summed E-state index contributed by atoms with van der Waals surface area (Å²) >= 11 is 6.74. The highest BCUT2D eigenvalue weighted by Gasteiger charge is 2.05. The van der Waals surface area contributed by atoms with Crippen LogP contribution in [0.4, 0.5) is 10.1 Å². The summed E-state index contributed by atoms with van der Waals surface area (Å²) < 4.78 is 14.9. The standard InChI is InChI=1S/C13H8Br2FN3/c14-9-4-11(15)13(19-6-9)7-18-10-1-2-12(16)8(3-10)5-17/h1-4,6,18H,7H2. The summed E-state index contributed by atoms with van der Waals surface area (Å²) in [6.45, 7) is 0.477. The Morgan fingerprint density at radius 1 is 1.32 bits per heavy atom. The minimum atomic E-state index is -0.518. The predicted octanol–water partition coefficient (Wildman–Crippen LogP) is 4.23. The minimum Gasteiger partial charge on any atom is -0.379 e. The van der Waals surface area contributed by atoms with Crippen molar-refractivity contribution in [3.05, 3.63) is 56.5 Å². The van der Waals surface area contributed by atoms with Crippen molar-refractivity contribution >= 4 is 37.5 Å². The summed E-state index contributed by atoms with van der Waals surface area (Å²) in [5.74, 6) is -0.518. The van der Waals surface area contributed by atoms with Crippen LogP contribution in [0.15, 0.2) is 39.4 Å². The normalized spacial score (nSPS) is 10.0. The second-order valence-corrected chi connectivity index (χ2v) is 5.51. The lowest BCUT2D eigenvalue weighted by molar-refractivity contribution is 0.624. The number of nitrogens with zero attached hydrogens (tertiary/aromatic N) is 2. The molecule has 2 rings (SSSR count). The van der Waals surface area contributed by atoms with Crippen LogP contribution in [-0.4, -0.2) is 4.98 Å². The van der Waals surface area contributed by atoms with Crippen LogP contribution in [0, 0.1) is 17.1 Å². The number of rotatable bonds is 3. The third-order valence-corrected chi connectivity index (χ3v) is 3.55. The van der Waals surface area contributed by atoms with Gasteiger partial charge in [0.2, 0.25) is 0 Å². The van der Waals surface area contributed by atoms with Gasteiger partial charge in [0, 0.05) is 20.8 Å². The Bertz CT molecular complexity index is 653. The van der Waals surface area contributed by atoms with Gasteiger partial charge in [0.05, 0.1) is 17.8 Å². The van der Waals surface area contributed by atoms with Crippen LogP contribution >= 0.6 is 31.9 Å². The van der Waals surface area contributed by atoms with Gasteiger partial charge in [-0.2, -0.15) is 5.26 Å². The van der Waals surface area contributed by atoms with Gasteiger partial charge in [0.25, 0.3) is 0 Å². The summed E-state index contributed by atoms with van der Waals surface area (Å²) in [6.07, 6.45) is 1.70. The molecule has 1 N–H and O–H groups in total. The smallest absolute Gasteiger partial charge is 0.141 e. The number of hydrogen-bond donors (Lipinski definition) is 1. The van der Waals surface area contributed by atoms with Crippen molar-refractivity contribution in [2.45, 2.75) is 6.54 Å². The van der Waals surface area contributed by atoms with E-state index in [4.69, 9.17) is 5.26 Å². The molecular weight excluding hydrogens is 377 g/mol. The monoisotopic (exact) mass is 383 g/mol. The Morgan fingerprint density at radius 3 is 2.79 bits per heavy atom. The van der Waals surface area contributed by atoms with Crippen molar-refractivity contribution in [1.82, 2.24) is 4.98 Å². The minimum absolute atomic E-state index is 0.0211. The number of nitriles is 1. The molecule has 0 aliphatic carbocycles. The topological polar surface area (TPSA) is 48.7 Å². The second kappa shape index (κ2) is 6.13. The van der Waals surface area contributed by atoms with E-state index in [-0.39, 0.29) is 5.56 Å². The fourth-order valence-electron chi connectivity index (χ4n) is 1.48. The number of hydrogen-bond acceptors (Lipinski definition) is 3. The first-order valence-corrected chi connectivity index (χ1v) is 6.92. The van der Waals surface area contributed by atoms with Crippen LogP contribution in [0.5, 0.6) is 0 Å². The van der Waals surface area contributed by atoms with Crippen molar-refractivity contribution in [2.75, 3.05) is 5.32 Å². The Kier molecular flexibility index (Phi) is 4.51. The van der Waals surface area contributed by atoms with Crippen molar-refractivity contribution in [3.63, 3.8) is 0 Å². The third-order valence-electron chi connectivity index (χ3n) is 2.43. The number of aromatic nitrogens is 1. The van der Waals surface area contributed by atoms with Crippen LogP contribution in [0.25, 0.3) is 0 Å². The molecule has 0 atom stereocenters. The molecule has 0 unspecified atom stereocenters. The fourth-order valence-corrected chi connectivity index (χ4v) is 2.61. The van der Waals surface area contributed by atoms with Gasteiger partial charge in [0.1, 0.15) is 11.9 Å². The molecule has 1 aromatic carbocycles. The van der Waals surface area contributed by atoms with Crippen LogP contribution in [0.2, 0.25) is 0 Å². The van der Waals surface area contributed by atoms with Gasteiger partial charge in [0.15, 0.2) is 0 Å². The quantitative estimate of drug-likeness (QED) is 0.861. The fraction of sp³-hybridized carbons (Fsp3) is 0.0769. The number of pyridine rings is 1. The average molecular weight is 385 g/mol. The van der Waals surface area contributed by atoms with E-state index in [1.54, 1.807) is 18.3 Å². The highest BCUT2D eigenvalue weighted by Crippen LogP contribution is 2.21. The maximum atomic E-state index is 13.2. The van der Waals surface area contributed by atoms with E-state index in [0.717, 1.165) is 14.6 Å². The van der Waals surface area contributed by atoms with E-state index < -0.39 is 5.82 Å². The van der Waals surface area contributed by atoms with E-state index in [2.05, 4.69) is 42.2 Å². The molecule has 0 aliphatic heterocycles. The lowest BCUT2D eigenvalue weighted by atomic mass is 10.2. The average Bonchev–Trinajstić information content (AvgIpc) is 2.39. The van der Waals surface area contributed by atoms with Gasteiger partial charge < -0.3 is 5.32 Å². The molecule has 6 heteroatoms. The van der Waals surface area contributed by atoms with Crippen LogP contribution in [-0.2, 0) is 6.54 Å². The lowest BCUT2D eigenvalue weighted by Crippen LogP contribution is -2.03. The first kappa shape index (κ1) is 14.0. The zero-order valence-corrected chi connectivity index (χ0v) is 12.8. The van der Waals surface area contributed by atoms with E-state index in [1.165, 1.54) is 12.1 Å². The Morgan fingerprint density at radius 2 is 2.11 bits per heavy atom. The highest BCUT2D eigenvalue weighted by atomic mass is 79.9. The lowest BCUT2D eigenvalue weighted by Gasteiger charge is -2.08. The molecule has 0 fully saturated rings. The molecule has 0 aliphatic rings. The van der Waals surface area contributed by atoms with Crippen molar-refractivity contribution in [2.24, 2.45) is 0 Å². The van der Waals surface area contributed by atoms with Crippen LogP contribution in [0.1, 0.15) is 11.3 Å². The molecule has 0 saturated carbocycles. The summed E-state index contributed by atoms with van der Waals surface area (Å²) in [4.78, 5) is 4.26. The molecule has 96 valence electrons. The maximum Gasteiger partial charge on any atom is 0.141 e. The van der Waals surface area contributed by atoms with E-state index in [0.29, 0.717) is 12.2 Å². The van der Waals surface area contributed by atoms with Gasteiger partial charge in [-0.15, -0.1) is 0 Å². The van der Waals surface area contributed by atoms with Crippen molar-refractivity contribution in [1.29, 1.82) is 5.26 Å².